The largest absolute Gasteiger partial charge is 0.354 e. The molecule has 1 atom stereocenters. The summed E-state index contributed by atoms with van der Waals surface area (Å²) in [4.78, 5) is 23.9. The maximum Gasteiger partial charge on any atom is 0.315 e. The van der Waals surface area contributed by atoms with E-state index in [-0.39, 0.29) is 23.2 Å². The third-order valence-corrected chi connectivity index (χ3v) is 4.91. The molecular formula is C18H24FN3O2. The monoisotopic (exact) mass is 333 g/mol. The predicted octanol–water partition coefficient (Wildman–Crippen LogP) is 2.12. The molecule has 1 saturated heterocycles. The highest BCUT2D eigenvalue weighted by Gasteiger charge is 2.42. The van der Waals surface area contributed by atoms with E-state index in [0.717, 1.165) is 37.7 Å². The molecule has 6 heteroatoms. The molecule has 0 bridgehead atoms. The number of urea groups is 1. The van der Waals surface area contributed by atoms with Crippen molar-refractivity contribution in [2.75, 3.05) is 13.1 Å². The first kappa shape index (κ1) is 16.7. The molecule has 24 heavy (non-hydrogen) atoms. The molecule has 0 aromatic heterocycles. The van der Waals surface area contributed by atoms with Gasteiger partial charge in [-0.1, -0.05) is 12.1 Å². The molecule has 5 nitrogen and oxygen atoms in total. The van der Waals surface area contributed by atoms with Crippen LogP contribution in [0, 0.1) is 11.2 Å². The van der Waals surface area contributed by atoms with Gasteiger partial charge in [0, 0.05) is 13.1 Å². The molecule has 1 aliphatic heterocycles. The molecule has 3 amide bonds. The molecule has 130 valence electrons. The van der Waals surface area contributed by atoms with Crippen molar-refractivity contribution < 1.29 is 14.0 Å². The zero-order valence-corrected chi connectivity index (χ0v) is 13.7. The molecule has 3 rings (SSSR count). The number of nitrogens with one attached hydrogen (secondary N) is 3. The summed E-state index contributed by atoms with van der Waals surface area (Å²) in [5.74, 6) is -0.335. The molecule has 2 aliphatic rings. The maximum atomic E-state index is 13.0. The van der Waals surface area contributed by atoms with Crippen molar-refractivity contribution in [3.05, 3.63) is 35.6 Å². The average molecular weight is 333 g/mol. The van der Waals surface area contributed by atoms with Crippen LogP contribution in [0.1, 0.15) is 37.7 Å². The fraction of sp³-hybridized carbons (Fsp3) is 0.556. The minimum absolute atomic E-state index is 0.0703. The molecule has 1 saturated carbocycles. The van der Waals surface area contributed by atoms with Crippen molar-refractivity contribution in [1.82, 2.24) is 16.0 Å². The summed E-state index contributed by atoms with van der Waals surface area (Å²) in [5.41, 5.74) is 1.15. The first-order valence-corrected chi connectivity index (χ1v) is 8.63. The van der Waals surface area contributed by atoms with Crippen LogP contribution < -0.4 is 16.0 Å². The van der Waals surface area contributed by atoms with Gasteiger partial charge < -0.3 is 16.0 Å². The molecule has 0 spiro atoms. The van der Waals surface area contributed by atoms with Gasteiger partial charge in [-0.05, 0) is 61.6 Å². The van der Waals surface area contributed by atoms with Crippen molar-refractivity contribution in [2.24, 2.45) is 5.41 Å². The fourth-order valence-corrected chi connectivity index (χ4v) is 3.18. The van der Waals surface area contributed by atoms with Gasteiger partial charge in [-0.3, -0.25) is 4.79 Å². The Balaban J connectivity index is 1.47. The van der Waals surface area contributed by atoms with E-state index >= 15 is 0 Å². The first-order valence-electron chi connectivity index (χ1n) is 8.63. The van der Waals surface area contributed by atoms with Gasteiger partial charge in [0.1, 0.15) is 11.9 Å². The smallest absolute Gasteiger partial charge is 0.315 e. The van der Waals surface area contributed by atoms with Crippen LogP contribution in [0.4, 0.5) is 9.18 Å². The Hall–Kier alpha value is -2.11. The zero-order valence-electron chi connectivity index (χ0n) is 13.7. The number of halogens is 1. The van der Waals surface area contributed by atoms with Crippen LogP contribution in [-0.4, -0.2) is 31.1 Å². The summed E-state index contributed by atoms with van der Waals surface area (Å²) < 4.78 is 13.0. The van der Waals surface area contributed by atoms with Crippen molar-refractivity contribution >= 4 is 11.9 Å². The van der Waals surface area contributed by atoms with E-state index in [1.165, 1.54) is 12.1 Å². The highest BCUT2D eigenvalue weighted by Crippen LogP contribution is 2.47. The Kier molecular flexibility index (Phi) is 5.02. The van der Waals surface area contributed by atoms with Gasteiger partial charge in [-0.25, -0.2) is 9.18 Å². The SMILES string of the molecule is O=C(NCC1(Cc2ccc(F)cc2)CC1)N[C@@H]1CCCCNC1=O. The Bertz CT molecular complexity index is 599. The van der Waals surface area contributed by atoms with E-state index in [9.17, 15) is 14.0 Å². The lowest BCUT2D eigenvalue weighted by Gasteiger charge is -2.19. The molecule has 1 aliphatic carbocycles. The summed E-state index contributed by atoms with van der Waals surface area (Å²) in [6, 6.07) is 5.80. The van der Waals surface area contributed by atoms with Gasteiger partial charge in [0.15, 0.2) is 0 Å². The zero-order chi connectivity index (χ0) is 17.0. The molecule has 1 aromatic rings. The van der Waals surface area contributed by atoms with Crippen LogP contribution >= 0.6 is 0 Å². The summed E-state index contributed by atoms with van der Waals surface area (Å²) in [6.45, 7) is 1.25. The second-order valence-electron chi connectivity index (χ2n) is 6.97. The number of hydrogen-bond donors (Lipinski definition) is 3. The van der Waals surface area contributed by atoms with E-state index in [4.69, 9.17) is 0 Å². The molecular weight excluding hydrogens is 309 g/mol. The normalized spacial score (nSPS) is 22.2. The lowest BCUT2D eigenvalue weighted by atomic mass is 9.96. The van der Waals surface area contributed by atoms with Crippen LogP contribution in [0.25, 0.3) is 0 Å². The summed E-state index contributed by atoms with van der Waals surface area (Å²) in [5, 5.41) is 8.48. The van der Waals surface area contributed by atoms with Gasteiger partial charge in [0.25, 0.3) is 0 Å². The van der Waals surface area contributed by atoms with Gasteiger partial charge in [0.2, 0.25) is 5.91 Å². The number of hydrogen-bond acceptors (Lipinski definition) is 2. The second kappa shape index (κ2) is 7.20. The lowest BCUT2D eigenvalue weighted by molar-refractivity contribution is -0.122. The van der Waals surface area contributed by atoms with E-state index in [2.05, 4.69) is 16.0 Å². The van der Waals surface area contributed by atoms with E-state index in [1.54, 1.807) is 12.1 Å². The van der Waals surface area contributed by atoms with Crippen molar-refractivity contribution in [3.63, 3.8) is 0 Å². The standard InChI is InChI=1S/C18H24FN3O2/c19-14-6-4-13(5-7-14)11-18(8-9-18)12-21-17(24)22-15-3-1-2-10-20-16(15)23/h4-7,15H,1-3,8-12H2,(H,20,23)(H2,21,22,24)/t15-/m1/s1. The molecule has 1 heterocycles. The number of carbonyl (C=O) groups is 2. The van der Waals surface area contributed by atoms with E-state index < -0.39 is 6.04 Å². The Morgan fingerprint density at radius 3 is 2.71 bits per heavy atom. The topological polar surface area (TPSA) is 70.2 Å². The van der Waals surface area contributed by atoms with Crippen molar-refractivity contribution in [1.29, 1.82) is 0 Å². The van der Waals surface area contributed by atoms with E-state index in [1.807, 2.05) is 0 Å². The summed E-state index contributed by atoms with van der Waals surface area (Å²) in [6.07, 6.45) is 5.49. The second-order valence-corrected chi connectivity index (χ2v) is 6.97. The maximum absolute atomic E-state index is 13.0. The van der Waals surface area contributed by atoms with Gasteiger partial charge in [-0.15, -0.1) is 0 Å². The quantitative estimate of drug-likeness (QED) is 0.772. The summed E-state index contributed by atoms with van der Waals surface area (Å²) in [7, 11) is 0. The molecule has 3 N–H and O–H groups in total. The minimum atomic E-state index is -0.445. The van der Waals surface area contributed by atoms with Crippen LogP contribution in [0.3, 0.4) is 0 Å². The molecule has 0 unspecified atom stereocenters. The average Bonchev–Trinajstić information content (AvgIpc) is 3.35. The third-order valence-electron chi connectivity index (χ3n) is 4.91. The van der Waals surface area contributed by atoms with Crippen LogP contribution in [0.2, 0.25) is 0 Å². The third kappa shape index (κ3) is 4.46. The van der Waals surface area contributed by atoms with Crippen molar-refractivity contribution in [3.8, 4) is 0 Å². The van der Waals surface area contributed by atoms with Gasteiger partial charge in [0.05, 0.1) is 0 Å². The molecule has 0 radical (unpaired) electrons. The van der Waals surface area contributed by atoms with Crippen LogP contribution in [0.5, 0.6) is 0 Å². The van der Waals surface area contributed by atoms with Crippen LogP contribution in [0.15, 0.2) is 24.3 Å². The first-order chi connectivity index (χ1) is 11.6. The number of rotatable bonds is 5. The highest BCUT2D eigenvalue weighted by atomic mass is 19.1. The Morgan fingerprint density at radius 2 is 2.00 bits per heavy atom. The van der Waals surface area contributed by atoms with Gasteiger partial charge in [-0.2, -0.15) is 0 Å². The Morgan fingerprint density at radius 1 is 1.25 bits per heavy atom. The minimum Gasteiger partial charge on any atom is -0.354 e. The van der Waals surface area contributed by atoms with Gasteiger partial charge >= 0.3 is 6.03 Å². The fourth-order valence-electron chi connectivity index (χ4n) is 3.18. The number of amides is 3. The number of carbonyl (C=O) groups excluding carboxylic acids is 2. The van der Waals surface area contributed by atoms with E-state index in [0.29, 0.717) is 19.5 Å². The summed E-state index contributed by atoms with van der Waals surface area (Å²) >= 11 is 0. The highest BCUT2D eigenvalue weighted by molar-refractivity contribution is 5.87. The lowest BCUT2D eigenvalue weighted by Crippen LogP contribution is -2.50. The van der Waals surface area contributed by atoms with Crippen LogP contribution in [-0.2, 0) is 11.2 Å². The molecule has 2 fully saturated rings. The predicted molar refractivity (Wildman–Crippen MR) is 89.0 cm³/mol. The Labute approximate surface area is 141 Å². The number of benzene rings is 1. The molecule has 1 aromatic carbocycles. The van der Waals surface area contributed by atoms with Crippen molar-refractivity contribution in [2.45, 2.75) is 44.6 Å².